The predicted octanol–water partition coefficient (Wildman–Crippen LogP) is 2.88. The number of aliphatic hydroxyl groups is 1. The van der Waals surface area contributed by atoms with Crippen LogP contribution in [0.3, 0.4) is 0 Å². The Hall–Kier alpha value is -4.96. The van der Waals surface area contributed by atoms with Crippen molar-refractivity contribution < 1.29 is 46.8 Å². The van der Waals surface area contributed by atoms with E-state index in [1.54, 1.807) is 84.2 Å². The standard InChI is InChI=1S/C34H34F3N3O9/c1-45-24-13-9-22(10-14-24)33(21-7-5-4-6-8-21,23-11-15-25(46-2)16-12-23)48-20-32(19-38-30(43)34(35,36)37)28(42)27(47-3)29(49-32)40-18-17-26(41)39-31(40)44/h4-18,27-29,42H,19-20H2,1-3H3,(H,38,43)(H,39,41,44)/t27-,28+,29-,32-/m1/s1. The second kappa shape index (κ2) is 14.3. The number of nitrogens with one attached hydrogen (secondary N) is 2. The van der Waals surface area contributed by atoms with Gasteiger partial charge in [-0.25, -0.2) is 4.79 Å². The normalized spacial score (nSPS) is 20.9. The van der Waals surface area contributed by atoms with Crippen molar-refractivity contribution in [3.05, 3.63) is 129 Å². The van der Waals surface area contributed by atoms with Gasteiger partial charge in [-0.3, -0.25) is 19.1 Å². The van der Waals surface area contributed by atoms with Crippen molar-refractivity contribution in [1.82, 2.24) is 14.9 Å². The van der Waals surface area contributed by atoms with Gasteiger partial charge in [-0.1, -0.05) is 54.6 Å². The topological polar surface area (TPSA) is 150 Å². The van der Waals surface area contributed by atoms with E-state index in [0.29, 0.717) is 28.2 Å². The van der Waals surface area contributed by atoms with Gasteiger partial charge in [-0.2, -0.15) is 13.2 Å². The number of benzene rings is 3. The number of carbonyl (C=O) groups excluding carboxylic acids is 1. The number of aromatic nitrogens is 2. The van der Waals surface area contributed by atoms with Crippen LogP contribution in [0.1, 0.15) is 22.9 Å². The minimum Gasteiger partial charge on any atom is -0.497 e. The van der Waals surface area contributed by atoms with E-state index in [2.05, 4.69) is 4.98 Å². The molecule has 12 nitrogen and oxygen atoms in total. The van der Waals surface area contributed by atoms with Crippen molar-refractivity contribution in [2.75, 3.05) is 34.5 Å². The lowest BCUT2D eigenvalue weighted by Gasteiger charge is -2.40. The van der Waals surface area contributed by atoms with Crippen molar-refractivity contribution in [2.45, 2.75) is 35.8 Å². The fourth-order valence-electron chi connectivity index (χ4n) is 5.87. The summed E-state index contributed by atoms with van der Waals surface area (Å²) in [5.41, 5.74) is -3.61. The number of rotatable bonds is 12. The van der Waals surface area contributed by atoms with E-state index >= 15 is 0 Å². The van der Waals surface area contributed by atoms with E-state index < -0.39 is 66.1 Å². The number of hydrogen-bond donors (Lipinski definition) is 3. The van der Waals surface area contributed by atoms with Crippen LogP contribution in [0, 0.1) is 0 Å². The number of carbonyl (C=O) groups is 1. The van der Waals surface area contributed by atoms with E-state index in [1.807, 2.05) is 0 Å². The summed E-state index contributed by atoms with van der Waals surface area (Å²) in [4.78, 5) is 38.8. The molecule has 4 atom stereocenters. The first kappa shape index (κ1) is 35.3. The number of ether oxygens (including phenoxy) is 5. The first-order chi connectivity index (χ1) is 23.4. The molecule has 0 bridgehead atoms. The average Bonchev–Trinajstić information content (AvgIpc) is 3.38. The second-order valence-corrected chi connectivity index (χ2v) is 11.2. The molecule has 5 rings (SSSR count). The Balaban J connectivity index is 1.68. The molecule has 3 aromatic carbocycles. The zero-order chi connectivity index (χ0) is 35.4. The Morgan fingerprint density at radius 3 is 1.94 bits per heavy atom. The molecule has 49 heavy (non-hydrogen) atoms. The van der Waals surface area contributed by atoms with Crippen molar-refractivity contribution in [2.24, 2.45) is 0 Å². The fraction of sp³-hybridized carbons (Fsp3) is 0.324. The van der Waals surface area contributed by atoms with Crippen LogP contribution in [0.5, 0.6) is 11.5 Å². The van der Waals surface area contributed by atoms with Crippen molar-refractivity contribution in [3.8, 4) is 11.5 Å². The average molecular weight is 686 g/mol. The summed E-state index contributed by atoms with van der Waals surface area (Å²) in [6.45, 7) is -1.58. The van der Waals surface area contributed by atoms with E-state index in [-0.39, 0.29) is 0 Å². The molecule has 260 valence electrons. The molecule has 1 aliphatic heterocycles. The molecule has 0 aliphatic carbocycles. The van der Waals surface area contributed by atoms with Crippen molar-refractivity contribution in [1.29, 1.82) is 0 Å². The summed E-state index contributed by atoms with van der Waals surface area (Å²) in [7, 11) is 4.22. The van der Waals surface area contributed by atoms with Gasteiger partial charge in [0.05, 0.1) is 27.4 Å². The Morgan fingerprint density at radius 1 is 0.898 bits per heavy atom. The third-order valence-electron chi connectivity index (χ3n) is 8.40. The number of aromatic amines is 1. The van der Waals surface area contributed by atoms with Crippen LogP contribution < -0.4 is 26.0 Å². The highest BCUT2D eigenvalue weighted by Gasteiger charge is 2.58. The van der Waals surface area contributed by atoms with Gasteiger partial charge in [0.2, 0.25) is 0 Å². The molecule has 3 N–H and O–H groups in total. The summed E-state index contributed by atoms with van der Waals surface area (Å²) < 4.78 is 70.5. The lowest BCUT2D eigenvalue weighted by atomic mass is 9.79. The van der Waals surface area contributed by atoms with Crippen LogP contribution >= 0.6 is 0 Å². The minimum absolute atomic E-state index is 0.540. The summed E-state index contributed by atoms with van der Waals surface area (Å²) in [6.07, 6.45) is -8.79. The number of nitrogens with zero attached hydrogens (tertiary/aromatic N) is 1. The van der Waals surface area contributed by atoms with Gasteiger partial charge < -0.3 is 34.1 Å². The van der Waals surface area contributed by atoms with Gasteiger partial charge in [0.1, 0.15) is 34.9 Å². The quantitative estimate of drug-likeness (QED) is 0.191. The number of halogens is 3. The van der Waals surface area contributed by atoms with Gasteiger partial charge in [-0.05, 0) is 41.0 Å². The Kier molecular flexibility index (Phi) is 10.3. The van der Waals surface area contributed by atoms with Crippen LogP contribution in [-0.2, 0) is 24.6 Å². The van der Waals surface area contributed by atoms with Crippen LogP contribution in [-0.4, -0.2) is 79.0 Å². The molecule has 1 amide bonds. The van der Waals surface area contributed by atoms with Crippen LogP contribution in [0.2, 0.25) is 0 Å². The third-order valence-corrected chi connectivity index (χ3v) is 8.40. The molecular weight excluding hydrogens is 651 g/mol. The van der Waals surface area contributed by atoms with Crippen molar-refractivity contribution >= 4 is 5.91 Å². The molecule has 4 aromatic rings. The highest BCUT2D eigenvalue weighted by molar-refractivity contribution is 5.81. The SMILES string of the molecule is COc1ccc(C(OC[C@@]2(CNC(=O)C(F)(F)F)O[C@@H](n3ccc(=O)[nH]c3=O)[C@H](OC)[C@@H]2O)(c2ccccc2)c2ccc(OC)cc2)cc1. The zero-order valence-corrected chi connectivity index (χ0v) is 26.6. The molecule has 0 unspecified atom stereocenters. The van der Waals surface area contributed by atoms with E-state index in [1.165, 1.54) is 21.3 Å². The van der Waals surface area contributed by atoms with E-state index in [4.69, 9.17) is 23.7 Å². The summed E-state index contributed by atoms with van der Waals surface area (Å²) in [5, 5.41) is 13.6. The van der Waals surface area contributed by atoms with Crippen LogP contribution in [0.25, 0.3) is 0 Å². The maximum atomic E-state index is 13.4. The molecular formula is C34H34F3N3O9. The second-order valence-electron chi connectivity index (χ2n) is 11.2. The Bertz CT molecular complexity index is 1800. The molecule has 1 aliphatic rings. The van der Waals surface area contributed by atoms with E-state index in [9.17, 15) is 32.7 Å². The summed E-state index contributed by atoms with van der Waals surface area (Å²) in [5.74, 6) is -1.21. The number of methoxy groups -OCH3 is 3. The first-order valence-electron chi connectivity index (χ1n) is 14.9. The molecule has 0 spiro atoms. The largest absolute Gasteiger partial charge is 0.497 e. The number of hydrogen-bond acceptors (Lipinski definition) is 9. The highest BCUT2D eigenvalue weighted by atomic mass is 19.4. The number of aliphatic hydroxyl groups excluding tert-OH is 1. The maximum Gasteiger partial charge on any atom is 0.471 e. The fourth-order valence-corrected chi connectivity index (χ4v) is 5.87. The van der Waals surface area contributed by atoms with Gasteiger partial charge in [-0.15, -0.1) is 0 Å². The van der Waals surface area contributed by atoms with Crippen LogP contribution in [0.4, 0.5) is 13.2 Å². The van der Waals surface area contributed by atoms with Gasteiger partial charge in [0, 0.05) is 19.4 Å². The third kappa shape index (κ3) is 6.96. The van der Waals surface area contributed by atoms with Crippen LogP contribution in [0.15, 0.2) is 101 Å². The smallest absolute Gasteiger partial charge is 0.471 e. The predicted molar refractivity (Wildman–Crippen MR) is 168 cm³/mol. The number of amides is 1. The first-order valence-corrected chi connectivity index (χ1v) is 14.9. The van der Waals surface area contributed by atoms with E-state index in [0.717, 1.165) is 16.8 Å². The lowest BCUT2D eigenvalue weighted by Crippen LogP contribution is -2.57. The van der Waals surface area contributed by atoms with Gasteiger partial charge in [0.15, 0.2) is 6.23 Å². The Morgan fingerprint density at radius 2 is 1.45 bits per heavy atom. The summed E-state index contributed by atoms with van der Waals surface area (Å²) >= 11 is 0. The molecule has 1 aromatic heterocycles. The minimum atomic E-state index is -5.26. The molecule has 2 heterocycles. The lowest BCUT2D eigenvalue weighted by molar-refractivity contribution is -0.181. The highest BCUT2D eigenvalue weighted by Crippen LogP contribution is 2.45. The van der Waals surface area contributed by atoms with Gasteiger partial charge >= 0.3 is 17.8 Å². The molecule has 15 heteroatoms. The monoisotopic (exact) mass is 685 g/mol. The summed E-state index contributed by atoms with van der Waals surface area (Å²) in [6, 6.07) is 23.8. The molecule has 1 fully saturated rings. The molecule has 1 saturated heterocycles. The Labute approximate surface area is 278 Å². The number of alkyl halides is 3. The maximum absolute atomic E-state index is 13.4. The molecule has 0 saturated carbocycles. The van der Waals surface area contributed by atoms with Gasteiger partial charge in [0.25, 0.3) is 5.56 Å². The number of H-pyrrole nitrogens is 1. The zero-order valence-electron chi connectivity index (χ0n) is 26.6. The van der Waals surface area contributed by atoms with Crippen molar-refractivity contribution in [3.63, 3.8) is 0 Å². The molecule has 0 radical (unpaired) electrons.